The van der Waals surface area contributed by atoms with Crippen molar-refractivity contribution in [2.24, 2.45) is 17.1 Å². The van der Waals surface area contributed by atoms with Crippen LogP contribution >= 0.6 is 0 Å². The summed E-state index contributed by atoms with van der Waals surface area (Å²) in [5.74, 6) is -0.164. The first kappa shape index (κ1) is 14.6. The summed E-state index contributed by atoms with van der Waals surface area (Å²) >= 11 is 0. The summed E-state index contributed by atoms with van der Waals surface area (Å²) in [5.41, 5.74) is 9.56. The summed E-state index contributed by atoms with van der Waals surface area (Å²) in [4.78, 5) is 23.5. The Hall–Kier alpha value is -2.36. The van der Waals surface area contributed by atoms with Crippen LogP contribution in [0.25, 0.3) is 5.57 Å². The lowest BCUT2D eigenvalue weighted by molar-refractivity contribution is -0.127. The Bertz CT molecular complexity index is 741. The molecule has 1 fully saturated rings. The molecule has 1 aliphatic heterocycles. The lowest BCUT2D eigenvalue weighted by Crippen LogP contribution is -2.28. The molecule has 0 aromatic heterocycles. The van der Waals surface area contributed by atoms with Crippen molar-refractivity contribution < 1.29 is 9.59 Å². The first-order valence-electron chi connectivity index (χ1n) is 7.44. The van der Waals surface area contributed by atoms with Crippen LogP contribution in [0.4, 0.5) is 0 Å². The highest BCUT2D eigenvalue weighted by molar-refractivity contribution is 5.95. The molecular formula is C18H20N2O2. The third-order valence-electron chi connectivity index (χ3n) is 4.81. The molecule has 1 heterocycles. The van der Waals surface area contributed by atoms with E-state index < -0.39 is 5.91 Å². The molecule has 2 aliphatic rings. The van der Waals surface area contributed by atoms with Gasteiger partial charge in [-0.05, 0) is 48.3 Å². The van der Waals surface area contributed by atoms with Crippen LogP contribution in [0.5, 0.6) is 0 Å². The average Bonchev–Trinajstić information content (AvgIpc) is 2.69. The van der Waals surface area contributed by atoms with E-state index in [0.29, 0.717) is 5.56 Å². The van der Waals surface area contributed by atoms with E-state index in [0.717, 1.165) is 28.8 Å². The molecule has 1 aromatic carbocycles. The van der Waals surface area contributed by atoms with Crippen molar-refractivity contribution in [3.8, 4) is 0 Å². The summed E-state index contributed by atoms with van der Waals surface area (Å²) in [6, 6.07) is 5.46. The van der Waals surface area contributed by atoms with Gasteiger partial charge in [-0.25, -0.2) is 0 Å². The van der Waals surface area contributed by atoms with Gasteiger partial charge >= 0.3 is 0 Å². The second kappa shape index (κ2) is 4.83. The fraction of sp³-hybridized carbons (Fsp3) is 0.333. The predicted molar refractivity (Wildman–Crippen MR) is 85.8 cm³/mol. The molecular weight excluding hydrogens is 276 g/mol. The molecule has 114 valence electrons. The molecule has 4 nitrogen and oxygen atoms in total. The highest BCUT2D eigenvalue weighted by Gasteiger charge is 2.45. The maximum atomic E-state index is 12.1. The molecule has 1 saturated heterocycles. The Morgan fingerprint density at radius 3 is 2.77 bits per heavy atom. The van der Waals surface area contributed by atoms with Crippen molar-refractivity contribution in [1.29, 1.82) is 0 Å². The number of benzene rings is 1. The van der Waals surface area contributed by atoms with E-state index in [1.807, 2.05) is 39.0 Å². The number of hydrogen-bond acceptors (Lipinski definition) is 2. The van der Waals surface area contributed by atoms with Crippen molar-refractivity contribution in [1.82, 2.24) is 5.32 Å². The van der Waals surface area contributed by atoms with Crippen LogP contribution in [0.2, 0.25) is 0 Å². The Morgan fingerprint density at radius 2 is 2.09 bits per heavy atom. The monoisotopic (exact) mass is 296 g/mol. The summed E-state index contributed by atoms with van der Waals surface area (Å²) in [6.45, 7) is 5.96. The van der Waals surface area contributed by atoms with Crippen molar-refractivity contribution in [2.45, 2.75) is 27.2 Å². The molecule has 3 N–H and O–H groups in total. The van der Waals surface area contributed by atoms with E-state index in [2.05, 4.69) is 11.4 Å². The Balaban J connectivity index is 2.01. The number of primary amides is 1. The molecule has 3 rings (SSSR count). The predicted octanol–water partition coefficient (Wildman–Crippen LogP) is 2.54. The smallest absolute Gasteiger partial charge is 0.248 e. The van der Waals surface area contributed by atoms with Gasteiger partial charge in [0.05, 0.1) is 5.41 Å². The number of nitrogens with two attached hydrogens (primary N) is 1. The zero-order valence-corrected chi connectivity index (χ0v) is 13.1. The van der Waals surface area contributed by atoms with Crippen LogP contribution in [0.15, 0.2) is 36.0 Å². The van der Waals surface area contributed by atoms with E-state index in [1.54, 1.807) is 6.07 Å². The highest BCUT2D eigenvalue weighted by Crippen LogP contribution is 2.44. The molecule has 0 radical (unpaired) electrons. The molecule has 0 saturated carbocycles. The van der Waals surface area contributed by atoms with Crippen LogP contribution in [-0.4, -0.2) is 11.8 Å². The number of carbonyl (C=O) groups is 2. The third-order valence-corrected chi connectivity index (χ3v) is 4.81. The van der Waals surface area contributed by atoms with E-state index in [4.69, 9.17) is 5.73 Å². The van der Waals surface area contributed by atoms with Crippen molar-refractivity contribution >= 4 is 17.4 Å². The Kier molecular flexibility index (Phi) is 3.20. The van der Waals surface area contributed by atoms with E-state index in [9.17, 15) is 9.59 Å². The van der Waals surface area contributed by atoms with Gasteiger partial charge in [-0.1, -0.05) is 26.0 Å². The fourth-order valence-corrected chi connectivity index (χ4v) is 3.23. The normalized spacial score (nSPS) is 22.5. The van der Waals surface area contributed by atoms with Gasteiger partial charge in [0.15, 0.2) is 0 Å². The summed E-state index contributed by atoms with van der Waals surface area (Å²) in [7, 11) is 0. The van der Waals surface area contributed by atoms with Gasteiger partial charge in [0.2, 0.25) is 11.8 Å². The van der Waals surface area contributed by atoms with Gasteiger partial charge in [-0.3, -0.25) is 9.59 Å². The zero-order valence-electron chi connectivity index (χ0n) is 13.1. The van der Waals surface area contributed by atoms with Gasteiger partial charge in [0, 0.05) is 17.2 Å². The van der Waals surface area contributed by atoms with Crippen molar-refractivity contribution in [3.63, 3.8) is 0 Å². The van der Waals surface area contributed by atoms with Gasteiger partial charge in [0.1, 0.15) is 0 Å². The average molecular weight is 296 g/mol. The molecule has 1 aromatic rings. The highest BCUT2D eigenvalue weighted by atomic mass is 16.2. The minimum absolute atomic E-state index is 0.0704. The number of amides is 2. The van der Waals surface area contributed by atoms with Gasteiger partial charge in [-0.15, -0.1) is 0 Å². The summed E-state index contributed by atoms with van der Waals surface area (Å²) in [5, 5.41) is 2.99. The van der Waals surface area contributed by atoms with Crippen LogP contribution in [0, 0.1) is 18.3 Å². The molecule has 1 unspecified atom stereocenters. The second-order valence-electron chi connectivity index (χ2n) is 6.62. The minimum Gasteiger partial charge on any atom is -0.366 e. The lowest BCUT2D eigenvalue weighted by atomic mass is 9.75. The number of hydrogen-bond donors (Lipinski definition) is 2. The molecule has 2 amide bonds. The topological polar surface area (TPSA) is 72.2 Å². The van der Waals surface area contributed by atoms with E-state index in [-0.39, 0.29) is 17.2 Å². The number of aryl methyl sites for hydroxylation is 1. The van der Waals surface area contributed by atoms with Gasteiger partial charge in [-0.2, -0.15) is 0 Å². The first-order valence-corrected chi connectivity index (χ1v) is 7.44. The SMILES string of the molecule is Cc1ccc(C(N)=O)cc1C1=CCC2C(=C1)NC(=O)C2(C)C. The van der Waals surface area contributed by atoms with Crippen LogP contribution < -0.4 is 11.1 Å². The van der Waals surface area contributed by atoms with E-state index in [1.165, 1.54) is 0 Å². The standard InChI is InChI=1S/C18H20N2O2/c1-10-4-5-12(16(19)21)8-13(10)11-6-7-14-15(9-11)20-17(22)18(14,2)3/h4-6,8-9,14H,7H2,1-3H3,(H2,19,21)(H,20,22). The first-order chi connectivity index (χ1) is 10.3. The minimum atomic E-state index is -0.432. The van der Waals surface area contributed by atoms with Crippen molar-refractivity contribution in [2.75, 3.05) is 0 Å². The summed E-state index contributed by atoms with van der Waals surface area (Å²) < 4.78 is 0. The molecule has 4 heteroatoms. The second-order valence-corrected chi connectivity index (χ2v) is 6.62. The van der Waals surface area contributed by atoms with Crippen molar-refractivity contribution in [3.05, 3.63) is 52.7 Å². The van der Waals surface area contributed by atoms with Crippen LogP contribution in [0.3, 0.4) is 0 Å². The number of rotatable bonds is 2. The maximum Gasteiger partial charge on any atom is 0.248 e. The molecule has 1 atom stereocenters. The number of allylic oxidation sites excluding steroid dienone is 4. The number of fused-ring (bicyclic) bond motifs is 1. The third kappa shape index (κ3) is 2.15. The fourth-order valence-electron chi connectivity index (χ4n) is 3.23. The zero-order chi connectivity index (χ0) is 16.1. The maximum absolute atomic E-state index is 12.1. The lowest BCUT2D eigenvalue weighted by Gasteiger charge is -2.26. The number of carbonyl (C=O) groups excluding carboxylic acids is 2. The molecule has 0 spiro atoms. The molecule has 0 bridgehead atoms. The summed E-state index contributed by atoms with van der Waals surface area (Å²) in [6.07, 6.45) is 4.98. The Morgan fingerprint density at radius 1 is 1.36 bits per heavy atom. The van der Waals surface area contributed by atoms with Crippen LogP contribution in [-0.2, 0) is 4.79 Å². The molecule has 1 aliphatic carbocycles. The largest absolute Gasteiger partial charge is 0.366 e. The van der Waals surface area contributed by atoms with E-state index >= 15 is 0 Å². The molecule has 22 heavy (non-hydrogen) atoms. The quantitative estimate of drug-likeness (QED) is 0.880. The Labute approximate surface area is 130 Å². The van der Waals surface area contributed by atoms with Crippen LogP contribution in [0.1, 0.15) is 41.8 Å². The number of nitrogens with one attached hydrogen (secondary N) is 1. The van der Waals surface area contributed by atoms with Gasteiger partial charge in [0.25, 0.3) is 0 Å². The van der Waals surface area contributed by atoms with Gasteiger partial charge < -0.3 is 11.1 Å².